The fourth-order valence-corrected chi connectivity index (χ4v) is 1.90. The molecule has 1 heterocycles. The standard InChI is InChI=1S/C7H13NO/c1-8-2-5-6-3-9-4-7(5)6/h5-8H,2-4H2,1H3. The quantitative estimate of drug-likeness (QED) is 0.568. The van der Waals surface area contributed by atoms with Crippen LogP contribution in [0.15, 0.2) is 0 Å². The van der Waals surface area contributed by atoms with E-state index in [9.17, 15) is 0 Å². The lowest BCUT2D eigenvalue weighted by Gasteiger charge is -2.00. The Balaban J connectivity index is 1.81. The van der Waals surface area contributed by atoms with Crippen molar-refractivity contribution in [2.24, 2.45) is 17.8 Å². The van der Waals surface area contributed by atoms with Crippen molar-refractivity contribution in [3.63, 3.8) is 0 Å². The molecular weight excluding hydrogens is 114 g/mol. The summed E-state index contributed by atoms with van der Waals surface area (Å²) >= 11 is 0. The largest absolute Gasteiger partial charge is 0.381 e. The summed E-state index contributed by atoms with van der Waals surface area (Å²) in [5.41, 5.74) is 0. The van der Waals surface area contributed by atoms with E-state index in [1.807, 2.05) is 7.05 Å². The molecule has 1 aliphatic carbocycles. The van der Waals surface area contributed by atoms with Gasteiger partial charge in [-0.25, -0.2) is 0 Å². The second-order valence-corrected chi connectivity index (χ2v) is 3.09. The maximum Gasteiger partial charge on any atom is 0.0501 e. The minimum Gasteiger partial charge on any atom is -0.381 e. The van der Waals surface area contributed by atoms with Crippen LogP contribution in [-0.4, -0.2) is 26.8 Å². The molecule has 1 saturated carbocycles. The van der Waals surface area contributed by atoms with E-state index in [4.69, 9.17) is 4.74 Å². The minimum absolute atomic E-state index is 0.914. The molecule has 2 heteroatoms. The highest BCUT2D eigenvalue weighted by molar-refractivity contribution is 5.00. The molecule has 2 aliphatic rings. The van der Waals surface area contributed by atoms with Gasteiger partial charge in [0.15, 0.2) is 0 Å². The first kappa shape index (κ1) is 5.69. The van der Waals surface area contributed by atoms with Crippen LogP contribution >= 0.6 is 0 Å². The van der Waals surface area contributed by atoms with E-state index >= 15 is 0 Å². The van der Waals surface area contributed by atoms with Gasteiger partial charge >= 0.3 is 0 Å². The Morgan fingerprint density at radius 1 is 1.44 bits per heavy atom. The Morgan fingerprint density at radius 2 is 2.11 bits per heavy atom. The van der Waals surface area contributed by atoms with Gasteiger partial charge in [-0.3, -0.25) is 0 Å². The van der Waals surface area contributed by atoms with Gasteiger partial charge in [-0.05, 0) is 31.3 Å². The van der Waals surface area contributed by atoms with Crippen LogP contribution in [0, 0.1) is 17.8 Å². The number of nitrogens with one attached hydrogen (secondary N) is 1. The molecule has 2 fully saturated rings. The molecule has 1 saturated heterocycles. The minimum atomic E-state index is 0.914. The van der Waals surface area contributed by atoms with Crippen LogP contribution in [0.1, 0.15) is 0 Å². The normalized spacial score (nSPS) is 47.0. The number of hydrogen-bond acceptors (Lipinski definition) is 2. The number of rotatable bonds is 2. The summed E-state index contributed by atoms with van der Waals surface area (Å²) in [5.74, 6) is 2.78. The summed E-state index contributed by atoms with van der Waals surface area (Å²) < 4.78 is 5.26. The molecule has 1 N–H and O–H groups in total. The first-order chi connectivity index (χ1) is 4.43. The molecule has 0 spiro atoms. The highest BCUT2D eigenvalue weighted by Gasteiger charge is 2.52. The van der Waals surface area contributed by atoms with E-state index in [-0.39, 0.29) is 0 Å². The lowest BCUT2D eigenvalue weighted by Crippen LogP contribution is -2.14. The van der Waals surface area contributed by atoms with Crippen molar-refractivity contribution in [2.75, 3.05) is 26.8 Å². The van der Waals surface area contributed by atoms with Crippen molar-refractivity contribution in [2.45, 2.75) is 0 Å². The topological polar surface area (TPSA) is 21.3 Å². The third kappa shape index (κ3) is 0.775. The van der Waals surface area contributed by atoms with Crippen molar-refractivity contribution < 1.29 is 4.74 Å². The van der Waals surface area contributed by atoms with Gasteiger partial charge < -0.3 is 10.1 Å². The molecule has 0 aromatic heterocycles. The molecule has 9 heavy (non-hydrogen) atoms. The van der Waals surface area contributed by atoms with Crippen molar-refractivity contribution >= 4 is 0 Å². The molecule has 52 valence electrons. The maximum atomic E-state index is 5.26. The van der Waals surface area contributed by atoms with Gasteiger partial charge in [0.1, 0.15) is 0 Å². The molecule has 0 aromatic carbocycles. The predicted octanol–water partition coefficient (Wildman–Crippen LogP) is 0.0982. The molecule has 0 bridgehead atoms. The molecular formula is C7H13NO. The first-order valence-electron chi connectivity index (χ1n) is 3.66. The van der Waals surface area contributed by atoms with Gasteiger partial charge in [-0.2, -0.15) is 0 Å². The van der Waals surface area contributed by atoms with Crippen LogP contribution in [0.25, 0.3) is 0 Å². The molecule has 0 aromatic rings. The van der Waals surface area contributed by atoms with Crippen molar-refractivity contribution in [1.29, 1.82) is 0 Å². The molecule has 0 amide bonds. The Kier molecular flexibility index (Phi) is 1.24. The number of hydrogen-bond donors (Lipinski definition) is 1. The van der Waals surface area contributed by atoms with Crippen molar-refractivity contribution in [3.05, 3.63) is 0 Å². The summed E-state index contributed by atoms with van der Waals surface area (Å²) in [6, 6.07) is 0. The van der Waals surface area contributed by atoms with Crippen molar-refractivity contribution in [1.82, 2.24) is 5.32 Å². The van der Waals surface area contributed by atoms with Crippen LogP contribution in [0.5, 0.6) is 0 Å². The average molecular weight is 127 g/mol. The number of fused-ring (bicyclic) bond motifs is 1. The van der Waals surface area contributed by atoms with E-state index in [1.165, 1.54) is 6.54 Å². The lowest BCUT2D eigenvalue weighted by molar-refractivity contribution is 0.151. The SMILES string of the molecule is CNCC1C2COCC12. The van der Waals surface area contributed by atoms with Gasteiger partial charge in [0.2, 0.25) is 0 Å². The van der Waals surface area contributed by atoms with Crippen LogP contribution in [0.4, 0.5) is 0 Å². The molecule has 2 unspecified atom stereocenters. The van der Waals surface area contributed by atoms with Gasteiger partial charge in [0, 0.05) is 0 Å². The predicted molar refractivity (Wildman–Crippen MR) is 35.2 cm³/mol. The molecule has 2 rings (SSSR count). The summed E-state index contributed by atoms with van der Waals surface area (Å²) in [6.07, 6.45) is 0. The zero-order valence-corrected chi connectivity index (χ0v) is 5.76. The molecule has 1 aliphatic heterocycles. The Bertz CT molecular complexity index is 105. The smallest absolute Gasteiger partial charge is 0.0501 e. The molecule has 0 radical (unpaired) electrons. The van der Waals surface area contributed by atoms with Crippen LogP contribution in [0.3, 0.4) is 0 Å². The maximum absolute atomic E-state index is 5.26. The highest BCUT2D eigenvalue weighted by atomic mass is 16.5. The summed E-state index contributed by atoms with van der Waals surface area (Å²) in [7, 11) is 2.02. The third-order valence-electron chi connectivity index (χ3n) is 2.57. The zero-order valence-electron chi connectivity index (χ0n) is 5.76. The van der Waals surface area contributed by atoms with E-state index in [0.29, 0.717) is 0 Å². The van der Waals surface area contributed by atoms with Crippen LogP contribution in [-0.2, 0) is 4.74 Å². The van der Waals surface area contributed by atoms with E-state index < -0.39 is 0 Å². The van der Waals surface area contributed by atoms with E-state index in [1.54, 1.807) is 0 Å². The average Bonchev–Trinajstić information content (AvgIpc) is 2.39. The first-order valence-corrected chi connectivity index (χ1v) is 3.66. The summed E-state index contributed by atoms with van der Waals surface area (Å²) in [5, 5.41) is 3.20. The van der Waals surface area contributed by atoms with Crippen LogP contribution < -0.4 is 5.32 Å². The Hall–Kier alpha value is -0.0800. The monoisotopic (exact) mass is 127 g/mol. The highest BCUT2D eigenvalue weighted by Crippen LogP contribution is 2.49. The molecule has 2 nitrogen and oxygen atoms in total. The molecule has 2 atom stereocenters. The summed E-state index contributed by atoms with van der Waals surface area (Å²) in [4.78, 5) is 0. The Labute approximate surface area is 55.6 Å². The number of ether oxygens (including phenoxy) is 1. The zero-order chi connectivity index (χ0) is 6.27. The second kappa shape index (κ2) is 1.96. The van der Waals surface area contributed by atoms with Crippen molar-refractivity contribution in [3.8, 4) is 0 Å². The fourth-order valence-electron chi connectivity index (χ4n) is 1.90. The van der Waals surface area contributed by atoms with Gasteiger partial charge in [-0.1, -0.05) is 0 Å². The third-order valence-corrected chi connectivity index (χ3v) is 2.57. The van der Waals surface area contributed by atoms with Gasteiger partial charge in [0.05, 0.1) is 13.2 Å². The fraction of sp³-hybridized carbons (Fsp3) is 1.00. The van der Waals surface area contributed by atoms with Crippen LogP contribution in [0.2, 0.25) is 0 Å². The van der Waals surface area contributed by atoms with Gasteiger partial charge in [-0.15, -0.1) is 0 Å². The van der Waals surface area contributed by atoms with Gasteiger partial charge in [0.25, 0.3) is 0 Å². The summed E-state index contributed by atoms with van der Waals surface area (Å²) in [6.45, 7) is 3.24. The van der Waals surface area contributed by atoms with E-state index in [2.05, 4.69) is 5.32 Å². The Morgan fingerprint density at radius 3 is 2.67 bits per heavy atom. The second-order valence-electron chi connectivity index (χ2n) is 3.09. The van der Waals surface area contributed by atoms with E-state index in [0.717, 1.165) is 31.0 Å². The lowest BCUT2D eigenvalue weighted by atomic mass is 10.3.